The van der Waals surface area contributed by atoms with E-state index in [0.29, 0.717) is 6.54 Å². The minimum absolute atomic E-state index is 0.170. The van der Waals surface area contributed by atoms with Gasteiger partial charge in [0, 0.05) is 6.54 Å². The fraction of sp³-hybridized carbons (Fsp3) is 0.571. The van der Waals surface area contributed by atoms with E-state index in [1.54, 1.807) is 19.1 Å². The molecular weight excluding hydrogens is 244 g/mol. The van der Waals surface area contributed by atoms with E-state index in [9.17, 15) is 9.59 Å². The summed E-state index contributed by atoms with van der Waals surface area (Å²) in [6, 6.07) is 2.63. The van der Waals surface area contributed by atoms with Crippen LogP contribution >= 0.6 is 0 Å². The van der Waals surface area contributed by atoms with Crippen molar-refractivity contribution < 1.29 is 14.0 Å². The van der Waals surface area contributed by atoms with E-state index < -0.39 is 6.04 Å². The summed E-state index contributed by atoms with van der Waals surface area (Å²) >= 11 is 0. The molecule has 19 heavy (non-hydrogen) atoms. The van der Waals surface area contributed by atoms with E-state index in [2.05, 4.69) is 17.6 Å². The molecule has 0 spiro atoms. The van der Waals surface area contributed by atoms with Crippen molar-refractivity contribution in [3.8, 4) is 0 Å². The van der Waals surface area contributed by atoms with E-state index in [0.717, 1.165) is 12.8 Å². The van der Waals surface area contributed by atoms with Gasteiger partial charge in [0.15, 0.2) is 5.76 Å². The van der Waals surface area contributed by atoms with Gasteiger partial charge in [-0.3, -0.25) is 9.59 Å². The predicted molar refractivity (Wildman–Crippen MR) is 72.8 cm³/mol. The van der Waals surface area contributed by atoms with Crippen molar-refractivity contribution in [2.75, 3.05) is 6.54 Å². The second kappa shape index (κ2) is 8.34. The van der Waals surface area contributed by atoms with Crippen LogP contribution in [0.2, 0.25) is 0 Å². The molecule has 0 fully saturated rings. The molecule has 0 bridgehead atoms. The quantitative estimate of drug-likeness (QED) is 0.708. The largest absolute Gasteiger partial charge is 0.459 e. The Hall–Kier alpha value is -1.78. The zero-order chi connectivity index (χ0) is 14.1. The van der Waals surface area contributed by atoms with Crippen LogP contribution in [0.15, 0.2) is 22.8 Å². The molecule has 0 aliphatic carbocycles. The molecule has 1 aromatic heterocycles. The third-order valence-electron chi connectivity index (χ3n) is 2.82. The summed E-state index contributed by atoms with van der Waals surface area (Å²) < 4.78 is 4.96. The van der Waals surface area contributed by atoms with Gasteiger partial charge in [-0.1, -0.05) is 26.2 Å². The first-order chi connectivity index (χ1) is 9.15. The van der Waals surface area contributed by atoms with Crippen LogP contribution in [0.5, 0.6) is 0 Å². The van der Waals surface area contributed by atoms with Gasteiger partial charge in [0.05, 0.1) is 6.26 Å². The maximum absolute atomic E-state index is 11.7. The molecule has 0 aliphatic rings. The number of nitrogens with one attached hydrogen (secondary N) is 2. The lowest BCUT2D eigenvalue weighted by atomic mass is 10.2. The Kier molecular flexibility index (Phi) is 6.71. The molecule has 1 rings (SSSR count). The van der Waals surface area contributed by atoms with Crippen LogP contribution in [-0.4, -0.2) is 24.4 Å². The van der Waals surface area contributed by atoms with Gasteiger partial charge in [0.25, 0.3) is 5.91 Å². The Bertz CT molecular complexity index is 387. The van der Waals surface area contributed by atoms with Crippen LogP contribution in [0.1, 0.15) is 50.1 Å². The zero-order valence-corrected chi connectivity index (χ0v) is 11.6. The minimum atomic E-state index is -0.566. The van der Waals surface area contributed by atoms with E-state index in [4.69, 9.17) is 4.42 Å². The van der Waals surface area contributed by atoms with E-state index in [-0.39, 0.29) is 17.6 Å². The van der Waals surface area contributed by atoms with E-state index in [1.165, 1.54) is 19.1 Å². The average molecular weight is 266 g/mol. The van der Waals surface area contributed by atoms with Crippen molar-refractivity contribution in [1.82, 2.24) is 10.6 Å². The van der Waals surface area contributed by atoms with Crippen LogP contribution in [0.25, 0.3) is 0 Å². The molecule has 2 amide bonds. The first-order valence-corrected chi connectivity index (χ1v) is 6.77. The average Bonchev–Trinajstić information content (AvgIpc) is 2.92. The van der Waals surface area contributed by atoms with Crippen LogP contribution < -0.4 is 10.6 Å². The fourth-order valence-electron chi connectivity index (χ4n) is 1.66. The predicted octanol–water partition coefficient (Wildman–Crippen LogP) is 2.09. The van der Waals surface area contributed by atoms with Gasteiger partial charge in [-0.25, -0.2) is 0 Å². The SMILES string of the molecule is CCCCCCNC(=O)C(C)NC(=O)c1ccco1. The summed E-state index contributed by atoms with van der Waals surface area (Å²) in [5.41, 5.74) is 0. The number of amides is 2. The molecule has 106 valence electrons. The molecule has 1 unspecified atom stereocenters. The van der Waals surface area contributed by atoms with Gasteiger partial charge in [0.1, 0.15) is 6.04 Å². The summed E-state index contributed by atoms with van der Waals surface area (Å²) in [4.78, 5) is 23.4. The molecule has 0 aromatic carbocycles. The Labute approximate surface area is 113 Å². The van der Waals surface area contributed by atoms with E-state index in [1.807, 2.05) is 0 Å². The maximum Gasteiger partial charge on any atom is 0.287 e. The molecule has 1 aromatic rings. The Morgan fingerprint density at radius 3 is 2.74 bits per heavy atom. The van der Waals surface area contributed by atoms with Crippen molar-refractivity contribution in [1.29, 1.82) is 0 Å². The number of unbranched alkanes of at least 4 members (excludes halogenated alkanes) is 3. The second-order valence-corrected chi connectivity index (χ2v) is 4.52. The highest BCUT2D eigenvalue weighted by atomic mass is 16.3. The molecule has 1 heterocycles. The summed E-state index contributed by atoms with van der Waals surface area (Å²) in [7, 11) is 0. The highest BCUT2D eigenvalue weighted by molar-refractivity contribution is 5.95. The van der Waals surface area contributed by atoms with Gasteiger partial charge in [-0.2, -0.15) is 0 Å². The number of hydrogen-bond donors (Lipinski definition) is 2. The lowest BCUT2D eigenvalue weighted by Crippen LogP contribution is -2.44. The molecule has 0 aliphatic heterocycles. The minimum Gasteiger partial charge on any atom is -0.459 e. The van der Waals surface area contributed by atoms with Crippen LogP contribution in [-0.2, 0) is 4.79 Å². The van der Waals surface area contributed by atoms with Gasteiger partial charge in [0.2, 0.25) is 5.91 Å². The number of carbonyl (C=O) groups is 2. The van der Waals surface area contributed by atoms with Crippen LogP contribution in [0.4, 0.5) is 0 Å². The van der Waals surface area contributed by atoms with Crippen molar-refractivity contribution in [2.45, 2.75) is 45.6 Å². The highest BCUT2D eigenvalue weighted by Crippen LogP contribution is 2.00. The standard InChI is InChI=1S/C14H22N2O3/c1-3-4-5-6-9-15-13(17)11(2)16-14(18)12-8-7-10-19-12/h7-8,10-11H,3-6,9H2,1-2H3,(H,15,17)(H,16,18). The van der Waals surface area contributed by atoms with Gasteiger partial charge < -0.3 is 15.1 Å². The first kappa shape index (κ1) is 15.3. The maximum atomic E-state index is 11.7. The smallest absolute Gasteiger partial charge is 0.287 e. The molecule has 5 nitrogen and oxygen atoms in total. The molecular formula is C14H22N2O3. The third-order valence-corrected chi connectivity index (χ3v) is 2.82. The lowest BCUT2D eigenvalue weighted by molar-refractivity contribution is -0.122. The van der Waals surface area contributed by atoms with Gasteiger partial charge in [-0.15, -0.1) is 0 Å². The number of rotatable bonds is 8. The number of hydrogen-bond acceptors (Lipinski definition) is 3. The van der Waals surface area contributed by atoms with Crippen molar-refractivity contribution >= 4 is 11.8 Å². The Morgan fingerprint density at radius 1 is 1.32 bits per heavy atom. The summed E-state index contributed by atoms with van der Waals surface area (Å²) in [6.07, 6.45) is 5.86. The molecule has 0 saturated carbocycles. The third kappa shape index (κ3) is 5.59. The topological polar surface area (TPSA) is 71.3 Å². The summed E-state index contributed by atoms with van der Waals surface area (Å²) in [5, 5.41) is 5.40. The van der Waals surface area contributed by atoms with Crippen LogP contribution in [0.3, 0.4) is 0 Å². The molecule has 1 atom stereocenters. The molecule has 0 radical (unpaired) electrons. The number of furan rings is 1. The fourth-order valence-corrected chi connectivity index (χ4v) is 1.66. The van der Waals surface area contributed by atoms with Crippen molar-refractivity contribution in [2.24, 2.45) is 0 Å². The summed E-state index contributed by atoms with van der Waals surface area (Å²) in [6.45, 7) is 4.45. The van der Waals surface area contributed by atoms with Crippen molar-refractivity contribution in [3.05, 3.63) is 24.2 Å². The van der Waals surface area contributed by atoms with Gasteiger partial charge >= 0.3 is 0 Å². The highest BCUT2D eigenvalue weighted by Gasteiger charge is 2.17. The Morgan fingerprint density at radius 2 is 2.11 bits per heavy atom. The first-order valence-electron chi connectivity index (χ1n) is 6.77. The lowest BCUT2D eigenvalue weighted by Gasteiger charge is -2.13. The van der Waals surface area contributed by atoms with E-state index >= 15 is 0 Å². The Balaban J connectivity index is 2.23. The second-order valence-electron chi connectivity index (χ2n) is 4.52. The molecule has 0 saturated heterocycles. The zero-order valence-electron chi connectivity index (χ0n) is 11.6. The number of carbonyl (C=O) groups excluding carboxylic acids is 2. The summed E-state index contributed by atoms with van der Waals surface area (Å²) in [5.74, 6) is -0.336. The van der Waals surface area contributed by atoms with Crippen LogP contribution in [0, 0.1) is 0 Å². The molecule has 5 heteroatoms. The normalized spacial score (nSPS) is 11.9. The van der Waals surface area contributed by atoms with Crippen molar-refractivity contribution in [3.63, 3.8) is 0 Å². The monoisotopic (exact) mass is 266 g/mol. The van der Waals surface area contributed by atoms with Gasteiger partial charge in [-0.05, 0) is 25.5 Å². The molecule has 2 N–H and O–H groups in total.